The number of imidazole rings is 1. The first-order chi connectivity index (χ1) is 15.3. The van der Waals surface area contributed by atoms with Crippen LogP contribution in [0.15, 0.2) is 109 Å². The Morgan fingerprint density at radius 3 is 1.90 bits per heavy atom. The Labute approximate surface area is 180 Å². The maximum atomic E-state index is 13.3. The SMILES string of the molecule is O=C(Nc1ccc(-c2nc3ccccc3[nH]2)cc1)C(c1ccccc1)c1ccccc1. The van der Waals surface area contributed by atoms with Crippen LogP contribution in [0.2, 0.25) is 0 Å². The van der Waals surface area contributed by atoms with Crippen LogP contribution in [0.5, 0.6) is 0 Å². The van der Waals surface area contributed by atoms with E-state index in [2.05, 4.69) is 15.3 Å². The summed E-state index contributed by atoms with van der Waals surface area (Å²) in [5.41, 5.74) is 5.58. The van der Waals surface area contributed by atoms with Crippen LogP contribution in [0.3, 0.4) is 0 Å². The number of amides is 1. The summed E-state index contributed by atoms with van der Waals surface area (Å²) >= 11 is 0. The molecule has 4 aromatic carbocycles. The van der Waals surface area contributed by atoms with Crippen molar-refractivity contribution in [2.45, 2.75) is 5.92 Å². The molecule has 0 saturated carbocycles. The molecule has 0 bridgehead atoms. The van der Waals surface area contributed by atoms with Crippen molar-refractivity contribution in [1.82, 2.24) is 9.97 Å². The smallest absolute Gasteiger partial charge is 0.236 e. The van der Waals surface area contributed by atoms with Crippen molar-refractivity contribution in [3.63, 3.8) is 0 Å². The maximum absolute atomic E-state index is 13.3. The van der Waals surface area contributed by atoms with Gasteiger partial charge >= 0.3 is 0 Å². The normalized spacial score (nSPS) is 11.0. The summed E-state index contributed by atoms with van der Waals surface area (Å²) in [6.45, 7) is 0. The average molecular weight is 403 g/mol. The summed E-state index contributed by atoms with van der Waals surface area (Å²) < 4.78 is 0. The first-order valence-corrected chi connectivity index (χ1v) is 10.2. The van der Waals surface area contributed by atoms with E-state index in [9.17, 15) is 4.79 Å². The lowest BCUT2D eigenvalue weighted by atomic mass is 9.90. The minimum Gasteiger partial charge on any atom is -0.338 e. The third kappa shape index (κ3) is 3.96. The highest BCUT2D eigenvalue weighted by molar-refractivity contribution is 5.98. The van der Waals surface area contributed by atoms with Gasteiger partial charge < -0.3 is 10.3 Å². The van der Waals surface area contributed by atoms with E-state index in [-0.39, 0.29) is 11.8 Å². The fraction of sp³-hybridized carbons (Fsp3) is 0.0370. The monoisotopic (exact) mass is 403 g/mol. The van der Waals surface area contributed by atoms with Crippen molar-refractivity contribution < 1.29 is 4.79 Å². The highest BCUT2D eigenvalue weighted by Crippen LogP contribution is 2.27. The van der Waals surface area contributed by atoms with Gasteiger partial charge in [0.05, 0.1) is 17.0 Å². The number of hydrogen-bond acceptors (Lipinski definition) is 2. The zero-order valence-electron chi connectivity index (χ0n) is 16.8. The first kappa shape index (κ1) is 18.8. The van der Waals surface area contributed by atoms with Gasteiger partial charge in [0.1, 0.15) is 5.82 Å². The van der Waals surface area contributed by atoms with E-state index < -0.39 is 0 Å². The number of rotatable bonds is 5. The van der Waals surface area contributed by atoms with Crippen LogP contribution in [0.1, 0.15) is 17.0 Å². The predicted octanol–water partition coefficient (Wildman–Crippen LogP) is 6.00. The van der Waals surface area contributed by atoms with Crippen molar-refractivity contribution in [3.05, 3.63) is 120 Å². The van der Waals surface area contributed by atoms with E-state index in [1.807, 2.05) is 109 Å². The fourth-order valence-electron chi connectivity index (χ4n) is 3.80. The molecule has 0 aliphatic rings. The Kier molecular flexibility index (Phi) is 5.03. The molecule has 0 spiro atoms. The molecule has 4 heteroatoms. The van der Waals surface area contributed by atoms with Crippen LogP contribution in [0.25, 0.3) is 22.4 Å². The van der Waals surface area contributed by atoms with Gasteiger partial charge in [0, 0.05) is 11.3 Å². The number of carbonyl (C=O) groups is 1. The summed E-state index contributed by atoms with van der Waals surface area (Å²) in [4.78, 5) is 21.2. The first-order valence-electron chi connectivity index (χ1n) is 10.2. The van der Waals surface area contributed by atoms with Gasteiger partial charge in [-0.1, -0.05) is 72.8 Å². The van der Waals surface area contributed by atoms with E-state index in [4.69, 9.17) is 0 Å². The van der Waals surface area contributed by atoms with E-state index in [1.54, 1.807) is 0 Å². The van der Waals surface area contributed by atoms with Crippen molar-refractivity contribution in [2.24, 2.45) is 0 Å². The van der Waals surface area contributed by atoms with Gasteiger partial charge in [-0.15, -0.1) is 0 Å². The number of nitrogens with zero attached hydrogens (tertiary/aromatic N) is 1. The highest BCUT2D eigenvalue weighted by atomic mass is 16.1. The predicted molar refractivity (Wildman–Crippen MR) is 125 cm³/mol. The van der Waals surface area contributed by atoms with Crippen LogP contribution in [-0.4, -0.2) is 15.9 Å². The minimum absolute atomic E-state index is 0.0612. The number of aromatic amines is 1. The van der Waals surface area contributed by atoms with E-state index in [0.717, 1.165) is 39.2 Å². The minimum atomic E-state index is -0.377. The molecule has 0 saturated heterocycles. The van der Waals surface area contributed by atoms with Crippen molar-refractivity contribution >= 4 is 22.6 Å². The number of benzene rings is 4. The van der Waals surface area contributed by atoms with Crippen LogP contribution in [-0.2, 0) is 4.79 Å². The number of anilines is 1. The van der Waals surface area contributed by atoms with Crippen molar-refractivity contribution in [1.29, 1.82) is 0 Å². The Morgan fingerprint density at radius 2 is 1.29 bits per heavy atom. The molecule has 31 heavy (non-hydrogen) atoms. The lowest BCUT2D eigenvalue weighted by Gasteiger charge is -2.18. The Morgan fingerprint density at radius 1 is 0.710 bits per heavy atom. The Balaban J connectivity index is 1.39. The summed E-state index contributed by atoms with van der Waals surface area (Å²) in [5.74, 6) is 0.372. The number of para-hydroxylation sites is 2. The van der Waals surface area contributed by atoms with Gasteiger partial charge in [-0.25, -0.2) is 4.98 Å². The van der Waals surface area contributed by atoms with E-state index >= 15 is 0 Å². The summed E-state index contributed by atoms with van der Waals surface area (Å²) in [6, 6.07) is 35.4. The van der Waals surface area contributed by atoms with Crippen LogP contribution in [0, 0.1) is 0 Å². The summed E-state index contributed by atoms with van der Waals surface area (Å²) in [6.07, 6.45) is 0. The molecule has 0 radical (unpaired) electrons. The second-order valence-corrected chi connectivity index (χ2v) is 7.42. The molecule has 0 aliphatic heterocycles. The van der Waals surface area contributed by atoms with Crippen molar-refractivity contribution in [2.75, 3.05) is 5.32 Å². The fourth-order valence-corrected chi connectivity index (χ4v) is 3.80. The number of hydrogen-bond donors (Lipinski definition) is 2. The molecule has 1 amide bonds. The number of carbonyl (C=O) groups excluding carboxylic acids is 1. The zero-order valence-corrected chi connectivity index (χ0v) is 16.8. The molecule has 5 rings (SSSR count). The number of H-pyrrole nitrogens is 1. The summed E-state index contributed by atoms with van der Waals surface area (Å²) in [5, 5.41) is 3.07. The average Bonchev–Trinajstić information content (AvgIpc) is 3.25. The topological polar surface area (TPSA) is 57.8 Å². The molecule has 5 aromatic rings. The van der Waals surface area contributed by atoms with Gasteiger partial charge in [0.25, 0.3) is 0 Å². The molecule has 0 fully saturated rings. The number of fused-ring (bicyclic) bond motifs is 1. The molecule has 0 atom stereocenters. The molecule has 1 heterocycles. The van der Waals surface area contributed by atoms with E-state index in [0.29, 0.717) is 0 Å². The van der Waals surface area contributed by atoms with Gasteiger partial charge in [0.15, 0.2) is 0 Å². The molecule has 2 N–H and O–H groups in total. The van der Waals surface area contributed by atoms with Crippen molar-refractivity contribution in [3.8, 4) is 11.4 Å². The largest absolute Gasteiger partial charge is 0.338 e. The number of aromatic nitrogens is 2. The van der Waals surface area contributed by atoms with Crippen LogP contribution >= 0.6 is 0 Å². The van der Waals surface area contributed by atoms with E-state index in [1.165, 1.54) is 0 Å². The molecule has 0 unspecified atom stereocenters. The highest BCUT2D eigenvalue weighted by Gasteiger charge is 2.22. The summed E-state index contributed by atoms with van der Waals surface area (Å²) in [7, 11) is 0. The second kappa shape index (κ2) is 8.28. The quantitative estimate of drug-likeness (QED) is 0.378. The van der Waals surface area contributed by atoms with Gasteiger partial charge in [-0.05, 0) is 47.5 Å². The zero-order chi connectivity index (χ0) is 21.0. The lowest BCUT2D eigenvalue weighted by molar-refractivity contribution is -0.116. The molecular formula is C27H21N3O. The maximum Gasteiger partial charge on any atom is 0.236 e. The van der Waals surface area contributed by atoms with Crippen LogP contribution in [0.4, 0.5) is 5.69 Å². The molecule has 150 valence electrons. The molecule has 1 aromatic heterocycles. The van der Waals surface area contributed by atoms with Gasteiger partial charge in [0.2, 0.25) is 5.91 Å². The second-order valence-electron chi connectivity index (χ2n) is 7.42. The lowest BCUT2D eigenvalue weighted by Crippen LogP contribution is -2.22. The molecule has 0 aliphatic carbocycles. The van der Waals surface area contributed by atoms with Crippen LogP contribution < -0.4 is 5.32 Å². The Hall–Kier alpha value is -4.18. The standard InChI is InChI=1S/C27H21N3O/c31-27(25(19-9-3-1-4-10-19)20-11-5-2-6-12-20)28-22-17-15-21(16-18-22)26-29-23-13-7-8-14-24(23)30-26/h1-18,25H,(H,28,31)(H,29,30). The molecule has 4 nitrogen and oxygen atoms in total. The number of nitrogens with one attached hydrogen (secondary N) is 2. The third-order valence-corrected chi connectivity index (χ3v) is 5.34. The van der Waals surface area contributed by atoms with Gasteiger partial charge in [-0.2, -0.15) is 0 Å². The molecular weight excluding hydrogens is 382 g/mol. The Bertz CT molecular complexity index is 1240. The van der Waals surface area contributed by atoms with Gasteiger partial charge in [-0.3, -0.25) is 4.79 Å². The third-order valence-electron chi connectivity index (χ3n) is 5.34.